The summed E-state index contributed by atoms with van der Waals surface area (Å²) in [6, 6.07) is 15.9. The first-order valence-electron chi connectivity index (χ1n) is 12.4. The van der Waals surface area contributed by atoms with Crippen LogP contribution in [0.5, 0.6) is 0 Å². The van der Waals surface area contributed by atoms with Gasteiger partial charge in [-0.15, -0.1) is 0 Å². The molecule has 1 fully saturated rings. The average molecular weight is 479 g/mol. The summed E-state index contributed by atoms with van der Waals surface area (Å²) >= 11 is 0. The van der Waals surface area contributed by atoms with Crippen LogP contribution in [0.2, 0.25) is 0 Å². The molecule has 0 aromatic heterocycles. The predicted molar refractivity (Wildman–Crippen MR) is 133 cm³/mol. The Hall–Kier alpha value is -3.35. The molecule has 0 spiro atoms. The first-order valence-corrected chi connectivity index (χ1v) is 12.4. The van der Waals surface area contributed by atoms with Crippen LogP contribution in [-0.2, 0) is 14.3 Å². The van der Waals surface area contributed by atoms with E-state index in [-0.39, 0.29) is 31.0 Å². The quantitative estimate of drug-likeness (QED) is 0.596. The number of hydrogen-bond donors (Lipinski definition) is 2. The zero-order valence-corrected chi connectivity index (χ0v) is 20.6. The normalized spacial score (nSPS) is 19.4. The lowest BCUT2D eigenvalue weighted by atomic mass is 9.82. The average Bonchev–Trinajstić information content (AvgIpc) is 3.17. The molecule has 2 aromatic rings. The highest BCUT2D eigenvalue weighted by Crippen LogP contribution is 2.44. The second-order valence-electron chi connectivity index (χ2n) is 9.91. The van der Waals surface area contributed by atoms with Crippen molar-refractivity contribution in [3.05, 3.63) is 59.7 Å². The fraction of sp³-hybridized carbons (Fsp3) is 0.464. The maximum Gasteiger partial charge on any atom is 0.407 e. The van der Waals surface area contributed by atoms with Gasteiger partial charge >= 0.3 is 12.1 Å². The maximum atomic E-state index is 13.4. The number of carbonyl (C=O) groups is 3. The molecule has 4 rings (SSSR count). The third-order valence-electron chi connectivity index (χ3n) is 7.51. The van der Waals surface area contributed by atoms with Gasteiger partial charge in [0.05, 0.1) is 5.92 Å². The van der Waals surface area contributed by atoms with Gasteiger partial charge in [-0.05, 0) is 55.9 Å². The molecule has 2 aromatic carbocycles. The second-order valence-corrected chi connectivity index (χ2v) is 9.91. The molecule has 7 nitrogen and oxygen atoms in total. The molecule has 2 N–H and O–H groups in total. The molecular formula is C28H34N2O5. The van der Waals surface area contributed by atoms with Crippen LogP contribution in [0.15, 0.2) is 48.5 Å². The molecule has 2 atom stereocenters. The Bertz CT molecular complexity index is 1070. The number of carboxylic acid groups (broad SMARTS) is 1. The van der Waals surface area contributed by atoms with Crippen LogP contribution in [0.1, 0.15) is 63.5 Å². The second kappa shape index (κ2) is 10.1. The van der Waals surface area contributed by atoms with E-state index >= 15 is 0 Å². The fourth-order valence-corrected chi connectivity index (χ4v) is 5.53. The van der Waals surface area contributed by atoms with Crippen molar-refractivity contribution in [2.45, 2.75) is 64.0 Å². The highest BCUT2D eigenvalue weighted by molar-refractivity contribution is 5.88. The van der Waals surface area contributed by atoms with Gasteiger partial charge in [-0.25, -0.2) is 9.59 Å². The summed E-state index contributed by atoms with van der Waals surface area (Å²) in [4.78, 5) is 39.4. The van der Waals surface area contributed by atoms with E-state index in [0.29, 0.717) is 12.8 Å². The van der Waals surface area contributed by atoms with Crippen molar-refractivity contribution in [3.8, 4) is 11.1 Å². The number of aliphatic carboxylic acids is 1. The number of likely N-dealkylation sites (N-methyl/N-ethyl adjacent to an activating group) is 1. The molecule has 2 amide bonds. The largest absolute Gasteiger partial charge is 0.480 e. The van der Waals surface area contributed by atoms with Gasteiger partial charge in [0.15, 0.2) is 0 Å². The molecule has 1 saturated carbocycles. The molecule has 2 aliphatic carbocycles. The highest BCUT2D eigenvalue weighted by atomic mass is 16.5. The molecule has 0 bridgehead atoms. The standard InChI is InChI=1S/C28H34N2O5/c1-4-30(28(2,3)26(32)33)25(31)22-15-9-10-16-24(22)29-27(34)35-17-23-20-13-7-5-11-18(20)19-12-6-8-14-21(19)23/h5-8,11-14,22-24H,4,9-10,15-17H2,1-3H3,(H,29,34)(H,32,33)/t22-,24+/m0/s1. The van der Waals surface area contributed by atoms with E-state index in [2.05, 4.69) is 29.6 Å². The molecule has 0 unspecified atom stereocenters. The van der Waals surface area contributed by atoms with Crippen molar-refractivity contribution in [2.75, 3.05) is 13.2 Å². The Morgan fingerprint density at radius 2 is 1.57 bits per heavy atom. The van der Waals surface area contributed by atoms with Gasteiger partial charge in [-0.1, -0.05) is 61.4 Å². The molecule has 7 heteroatoms. The summed E-state index contributed by atoms with van der Waals surface area (Å²) in [6.07, 6.45) is 2.49. The smallest absolute Gasteiger partial charge is 0.407 e. The number of carbonyl (C=O) groups excluding carboxylic acids is 2. The molecule has 0 heterocycles. The summed E-state index contributed by atoms with van der Waals surface area (Å²) in [5, 5.41) is 12.6. The number of alkyl carbamates (subject to hydrolysis) is 1. The highest BCUT2D eigenvalue weighted by Gasteiger charge is 2.42. The summed E-state index contributed by atoms with van der Waals surface area (Å²) < 4.78 is 5.69. The third-order valence-corrected chi connectivity index (χ3v) is 7.51. The topological polar surface area (TPSA) is 95.9 Å². The van der Waals surface area contributed by atoms with E-state index in [4.69, 9.17) is 4.74 Å². The summed E-state index contributed by atoms with van der Waals surface area (Å²) in [5.41, 5.74) is 3.28. The lowest BCUT2D eigenvalue weighted by molar-refractivity contribution is -0.159. The zero-order valence-electron chi connectivity index (χ0n) is 20.6. The van der Waals surface area contributed by atoms with E-state index in [1.54, 1.807) is 6.92 Å². The number of nitrogens with zero attached hydrogens (tertiary/aromatic N) is 1. The van der Waals surface area contributed by atoms with Crippen LogP contribution in [-0.4, -0.2) is 52.7 Å². The lowest BCUT2D eigenvalue weighted by Gasteiger charge is -2.40. The molecule has 0 aliphatic heterocycles. The van der Waals surface area contributed by atoms with Gasteiger partial charge in [0.25, 0.3) is 0 Å². The minimum absolute atomic E-state index is 0.0381. The number of ether oxygens (including phenoxy) is 1. The summed E-state index contributed by atoms with van der Waals surface area (Å²) in [6.45, 7) is 5.34. The third kappa shape index (κ3) is 4.77. The Morgan fingerprint density at radius 1 is 1.00 bits per heavy atom. The Kier molecular flexibility index (Phi) is 7.15. The van der Waals surface area contributed by atoms with Crippen LogP contribution in [0.4, 0.5) is 4.79 Å². The van der Waals surface area contributed by atoms with E-state index in [1.165, 1.54) is 18.7 Å². The van der Waals surface area contributed by atoms with Crippen molar-refractivity contribution in [1.82, 2.24) is 10.2 Å². The predicted octanol–water partition coefficient (Wildman–Crippen LogP) is 4.80. The zero-order chi connectivity index (χ0) is 25.2. The van der Waals surface area contributed by atoms with Crippen LogP contribution >= 0.6 is 0 Å². The summed E-state index contributed by atoms with van der Waals surface area (Å²) in [7, 11) is 0. The first kappa shape index (κ1) is 24.8. The maximum absolute atomic E-state index is 13.4. The fourth-order valence-electron chi connectivity index (χ4n) is 5.53. The van der Waals surface area contributed by atoms with Crippen molar-refractivity contribution in [1.29, 1.82) is 0 Å². The Balaban J connectivity index is 1.44. The number of fused-ring (bicyclic) bond motifs is 3. The van der Waals surface area contributed by atoms with Crippen LogP contribution in [0.25, 0.3) is 11.1 Å². The van der Waals surface area contributed by atoms with Gasteiger partial charge in [0, 0.05) is 18.5 Å². The SMILES string of the molecule is CCN(C(=O)[C@H]1CCCC[C@H]1NC(=O)OCC1c2ccccc2-c2ccccc21)C(C)(C)C(=O)O. The van der Waals surface area contributed by atoms with Crippen LogP contribution < -0.4 is 5.32 Å². The molecule has 2 aliphatic rings. The number of benzene rings is 2. The number of hydrogen-bond acceptors (Lipinski definition) is 4. The minimum Gasteiger partial charge on any atom is -0.480 e. The first-order chi connectivity index (χ1) is 16.8. The van der Waals surface area contributed by atoms with Gasteiger partial charge in [-0.3, -0.25) is 4.79 Å². The number of amides is 2. The van der Waals surface area contributed by atoms with Gasteiger partial charge in [0.1, 0.15) is 12.1 Å². The lowest BCUT2D eigenvalue weighted by Crippen LogP contribution is -2.58. The van der Waals surface area contributed by atoms with E-state index < -0.39 is 23.5 Å². The monoisotopic (exact) mass is 478 g/mol. The van der Waals surface area contributed by atoms with Crippen LogP contribution in [0, 0.1) is 5.92 Å². The van der Waals surface area contributed by atoms with Crippen molar-refractivity contribution >= 4 is 18.0 Å². The van der Waals surface area contributed by atoms with Gasteiger partial charge in [0.2, 0.25) is 5.91 Å². The van der Waals surface area contributed by atoms with Crippen LogP contribution in [0.3, 0.4) is 0 Å². The summed E-state index contributed by atoms with van der Waals surface area (Å²) in [5.74, 6) is -1.79. The molecule has 35 heavy (non-hydrogen) atoms. The molecule has 186 valence electrons. The Labute approximate surface area is 206 Å². The number of rotatable bonds is 7. The number of carboxylic acids is 1. The van der Waals surface area contributed by atoms with Gasteiger partial charge in [-0.2, -0.15) is 0 Å². The molecular weight excluding hydrogens is 444 g/mol. The van der Waals surface area contributed by atoms with E-state index in [9.17, 15) is 19.5 Å². The van der Waals surface area contributed by atoms with Crippen molar-refractivity contribution in [2.24, 2.45) is 5.92 Å². The number of nitrogens with one attached hydrogen (secondary N) is 1. The molecule has 0 saturated heterocycles. The van der Waals surface area contributed by atoms with Crippen molar-refractivity contribution in [3.63, 3.8) is 0 Å². The van der Waals surface area contributed by atoms with Gasteiger partial charge < -0.3 is 20.1 Å². The molecule has 0 radical (unpaired) electrons. The van der Waals surface area contributed by atoms with E-state index in [0.717, 1.165) is 35.1 Å². The van der Waals surface area contributed by atoms with E-state index in [1.807, 2.05) is 24.3 Å². The minimum atomic E-state index is -1.32. The van der Waals surface area contributed by atoms with Crippen molar-refractivity contribution < 1.29 is 24.2 Å². The Morgan fingerprint density at radius 3 is 2.14 bits per heavy atom.